The molecule has 0 aromatic rings. The highest BCUT2D eigenvalue weighted by Gasteiger charge is 2.13. The Kier molecular flexibility index (Phi) is 4.47. The smallest absolute Gasteiger partial charge is 0.114 e. The van der Waals surface area contributed by atoms with Crippen molar-refractivity contribution < 1.29 is 9.68 Å². The van der Waals surface area contributed by atoms with Crippen LogP contribution in [0.5, 0.6) is 0 Å². The standard InChI is InChI=1S/C10H14N2O2/c1-3-13-11-9-5-7-10(8-6-9)12-14-4-2/h3-4H,1-2,5-8H2. The Morgan fingerprint density at radius 3 is 1.50 bits per heavy atom. The molecule has 0 N–H and O–H groups in total. The average molecular weight is 194 g/mol. The highest BCUT2D eigenvalue weighted by atomic mass is 16.6. The van der Waals surface area contributed by atoms with E-state index in [1.807, 2.05) is 0 Å². The SMILES string of the molecule is C=CON=C1CCC(=NOC=C)CC1. The Morgan fingerprint density at radius 2 is 1.21 bits per heavy atom. The summed E-state index contributed by atoms with van der Waals surface area (Å²) in [5.74, 6) is 0. The zero-order valence-corrected chi connectivity index (χ0v) is 8.11. The number of hydrogen-bond acceptors (Lipinski definition) is 4. The molecule has 76 valence electrons. The van der Waals surface area contributed by atoms with E-state index >= 15 is 0 Å². The number of oxime groups is 2. The van der Waals surface area contributed by atoms with Crippen LogP contribution in [0.15, 0.2) is 36.0 Å². The van der Waals surface area contributed by atoms with Crippen molar-refractivity contribution >= 4 is 11.4 Å². The van der Waals surface area contributed by atoms with E-state index in [4.69, 9.17) is 9.68 Å². The molecule has 0 amide bonds. The predicted octanol–water partition coefficient (Wildman–Crippen LogP) is 2.59. The van der Waals surface area contributed by atoms with Crippen molar-refractivity contribution in [1.29, 1.82) is 0 Å². The second-order valence-electron chi connectivity index (χ2n) is 2.86. The molecule has 0 saturated heterocycles. The number of rotatable bonds is 4. The molecule has 1 saturated carbocycles. The molecule has 0 heterocycles. The summed E-state index contributed by atoms with van der Waals surface area (Å²) in [6.07, 6.45) is 6.11. The second kappa shape index (κ2) is 5.96. The number of nitrogens with zero attached hydrogens (tertiary/aromatic N) is 2. The Labute approximate surface area is 83.6 Å². The minimum atomic E-state index is 0.868. The number of hydrogen-bond donors (Lipinski definition) is 0. The lowest BCUT2D eigenvalue weighted by molar-refractivity contribution is 0.264. The normalized spacial score (nSPS) is 15.7. The summed E-state index contributed by atoms with van der Waals surface area (Å²) in [6.45, 7) is 6.83. The van der Waals surface area contributed by atoms with E-state index in [0.717, 1.165) is 37.1 Å². The molecule has 0 spiro atoms. The summed E-state index contributed by atoms with van der Waals surface area (Å²) in [5, 5.41) is 7.80. The monoisotopic (exact) mass is 194 g/mol. The van der Waals surface area contributed by atoms with Gasteiger partial charge >= 0.3 is 0 Å². The summed E-state index contributed by atoms with van der Waals surface area (Å²) in [7, 11) is 0. The molecule has 1 fully saturated rings. The Bertz CT molecular complexity index is 229. The fraction of sp³-hybridized carbons (Fsp3) is 0.400. The van der Waals surface area contributed by atoms with Gasteiger partial charge in [-0.3, -0.25) is 0 Å². The molecule has 1 aliphatic carbocycles. The molecule has 4 nitrogen and oxygen atoms in total. The maximum absolute atomic E-state index is 4.75. The summed E-state index contributed by atoms with van der Waals surface area (Å²) < 4.78 is 0. The van der Waals surface area contributed by atoms with Crippen LogP contribution in [0, 0.1) is 0 Å². The van der Waals surface area contributed by atoms with Crippen LogP contribution in [0.4, 0.5) is 0 Å². The average Bonchev–Trinajstić information content (AvgIpc) is 2.25. The van der Waals surface area contributed by atoms with Crippen LogP contribution in [0.25, 0.3) is 0 Å². The zero-order valence-electron chi connectivity index (χ0n) is 8.11. The van der Waals surface area contributed by atoms with Crippen molar-refractivity contribution in [2.75, 3.05) is 0 Å². The van der Waals surface area contributed by atoms with Gasteiger partial charge in [0.1, 0.15) is 12.5 Å². The van der Waals surface area contributed by atoms with Crippen LogP contribution < -0.4 is 0 Å². The summed E-state index contributed by atoms with van der Waals surface area (Å²) in [5.41, 5.74) is 2.09. The quantitative estimate of drug-likeness (QED) is 0.510. The third-order valence-corrected chi connectivity index (χ3v) is 1.92. The molecule has 14 heavy (non-hydrogen) atoms. The van der Waals surface area contributed by atoms with E-state index in [0.29, 0.717) is 0 Å². The first-order valence-corrected chi connectivity index (χ1v) is 4.51. The highest BCUT2D eigenvalue weighted by molar-refractivity contribution is 5.97. The van der Waals surface area contributed by atoms with Crippen LogP contribution in [-0.4, -0.2) is 11.4 Å². The largest absolute Gasteiger partial charge is 0.366 e. The minimum Gasteiger partial charge on any atom is -0.366 e. The van der Waals surface area contributed by atoms with Gasteiger partial charge < -0.3 is 9.68 Å². The second-order valence-corrected chi connectivity index (χ2v) is 2.86. The Hall–Kier alpha value is -1.58. The van der Waals surface area contributed by atoms with Crippen molar-refractivity contribution in [3.8, 4) is 0 Å². The predicted molar refractivity (Wildman–Crippen MR) is 55.9 cm³/mol. The van der Waals surface area contributed by atoms with Crippen molar-refractivity contribution in [2.45, 2.75) is 25.7 Å². The van der Waals surface area contributed by atoms with Crippen LogP contribution in [0.3, 0.4) is 0 Å². The summed E-state index contributed by atoms with van der Waals surface area (Å²) >= 11 is 0. The molecule has 0 bridgehead atoms. The third kappa shape index (κ3) is 3.43. The molecular formula is C10H14N2O2. The molecule has 0 radical (unpaired) electrons. The summed E-state index contributed by atoms with van der Waals surface area (Å²) in [4.78, 5) is 9.51. The third-order valence-electron chi connectivity index (χ3n) is 1.92. The molecule has 0 aromatic carbocycles. The van der Waals surface area contributed by atoms with Crippen molar-refractivity contribution in [3.63, 3.8) is 0 Å². The van der Waals surface area contributed by atoms with Gasteiger partial charge in [-0.2, -0.15) is 0 Å². The fourth-order valence-corrected chi connectivity index (χ4v) is 1.23. The molecule has 4 heteroatoms. The molecule has 1 aliphatic rings. The first-order chi connectivity index (χ1) is 6.86. The van der Waals surface area contributed by atoms with E-state index in [-0.39, 0.29) is 0 Å². The van der Waals surface area contributed by atoms with Crippen LogP contribution in [-0.2, 0) is 9.68 Å². The van der Waals surface area contributed by atoms with Gasteiger partial charge in [0, 0.05) is 0 Å². The van der Waals surface area contributed by atoms with E-state index < -0.39 is 0 Å². The van der Waals surface area contributed by atoms with E-state index in [1.165, 1.54) is 12.5 Å². The topological polar surface area (TPSA) is 43.2 Å². The van der Waals surface area contributed by atoms with Gasteiger partial charge in [0.05, 0.1) is 11.4 Å². The van der Waals surface area contributed by atoms with Gasteiger partial charge in [0.2, 0.25) is 0 Å². The van der Waals surface area contributed by atoms with Gasteiger partial charge in [-0.1, -0.05) is 23.5 Å². The maximum atomic E-state index is 4.75. The van der Waals surface area contributed by atoms with Crippen LogP contribution in [0.1, 0.15) is 25.7 Å². The molecule has 0 aliphatic heterocycles. The molecule has 1 rings (SSSR count). The lowest BCUT2D eigenvalue weighted by Crippen LogP contribution is -2.14. The van der Waals surface area contributed by atoms with Crippen LogP contribution in [0.2, 0.25) is 0 Å². The van der Waals surface area contributed by atoms with Gasteiger partial charge in [-0.05, 0) is 25.7 Å². The lowest BCUT2D eigenvalue weighted by Gasteiger charge is -2.13. The minimum absolute atomic E-state index is 0.868. The van der Waals surface area contributed by atoms with E-state index in [1.54, 1.807) is 0 Å². The first kappa shape index (κ1) is 10.5. The van der Waals surface area contributed by atoms with Crippen molar-refractivity contribution in [2.24, 2.45) is 10.3 Å². The maximum Gasteiger partial charge on any atom is 0.114 e. The van der Waals surface area contributed by atoms with E-state index in [9.17, 15) is 0 Å². The molecule has 0 atom stereocenters. The van der Waals surface area contributed by atoms with Gasteiger partial charge in [-0.15, -0.1) is 0 Å². The highest BCUT2D eigenvalue weighted by Crippen LogP contribution is 2.14. The van der Waals surface area contributed by atoms with Crippen LogP contribution >= 0.6 is 0 Å². The molecular weight excluding hydrogens is 180 g/mol. The molecule has 0 aromatic heterocycles. The van der Waals surface area contributed by atoms with Gasteiger partial charge in [-0.25, -0.2) is 0 Å². The fourth-order valence-electron chi connectivity index (χ4n) is 1.23. The molecule has 0 unspecified atom stereocenters. The lowest BCUT2D eigenvalue weighted by atomic mass is 9.97. The van der Waals surface area contributed by atoms with Crippen molar-refractivity contribution in [1.82, 2.24) is 0 Å². The van der Waals surface area contributed by atoms with E-state index in [2.05, 4.69) is 23.5 Å². The van der Waals surface area contributed by atoms with Crippen molar-refractivity contribution in [3.05, 3.63) is 25.7 Å². The zero-order chi connectivity index (χ0) is 10.2. The summed E-state index contributed by atoms with van der Waals surface area (Å²) in [6, 6.07) is 0. The Morgan fingerprint density at radius 1 is 0.857 bits per heavy atom. The first-order valence-electron chi connectivity index (χ1n) is 4.51. The Balaban J connectivity index is 2.37. The van der Waals surface area contributed by atoms with Gasteiger partial charge in [0.25, 0.3) is 0 Å². The van der Waals surface area contributed by atoms with Gasteiger partial charge in [0.15, 0.2) is 0 Å².